The van der Waals surface area contributed by atoms with Crippen LogP contribution in [0, 0.1) is 5.92 Å². The number of hydrogen-bond acceptors (Lipinski definition) is 4. The van der Waals surface area contributed by atoms with Gasteiger partial charge in [-0.1, -0.05) is 0 Å². The first-order valence-electron chi connectivity index (χ1n) is 4.26. The van der Waals surface area contributed by atoms with Gasteiger partial charge in [0.1, 0.15) is 0 Å². The molecule has 1 aromatic rings. The lowest BCUT2D eigenvalue weighted by Crippen LogP contribution is -2.27. The van der Waals surface area contributed by atoms with Crippen molar-refractivity contribution in [3.05, 3.63) is 32.9 Å². The van der Waals surface area contributed by atoms with Crippen LogP contribution in [0.5, 0.6) is 0 Å². The quantitative estimate of drug-likeness (QED) is 0.676. The van der Waals surface area contributed by atoms with Gasteiger partial charge in [-0.25, -0.2) is 0 Å². The Balaban J connectivity index is 2.25. The molecule has 70 valence electrons. The molecule has 1 atom stereocenters. The molecular weight excluding hydrogens is 216 g/mol. The molecular formula is C10H6O2S2. The molecule has 2 nitrogen and oxygen atoms in total. The van der Waals surface area contributed by atoms with Crippen molar-refractivity contribution in [3.8, 4) is 0 Å². The van der Waals surface area contributed by atoms with E-state index in [4.69, 9.17) is 0 Å². The molecule has 4 heteroatoms. The van der Waals surface area contributed by atoms with E-state index < -0.39 is 0 Å². The van der Waals surface area contributed by atoms with Crippen LogP contribution in [0.1, 0.15) is 20.7 Å². The largest absolute Gasteiger partial charge is 0.293 e. The van der Waals surface area contributed by atoms with Crippen molar-refractivity contribution < 1.29 is 9.59 Å². The molecule has 0 fully saturated rings. The maximum Gasteiger partial charge on any atom is 0.191 e. The van der Waals surface area contributed by atoms with Crippen LogP contribution >= 0.6 is 23.1 Å². The van der Waals surface area contributed by atoms with Crippen LogP contribution in [0.2, 0.25) is 0 Å². The summed E-state index contributed by atoms with van der Waals surface area (Å²) < 4.78 is 0. The Kier molecular flexibility index (Phi) is 1.69. The molecule has 0 amide bonds. The van der Waals surface area contributed by atoms with E-state index >= 15 is 0 Å². The number of hydrogen-bond donors (Lipinski definition) is 0. The predicted octanol–water partition coefficient (Wildman–Crippen LogP) is 2.37. The number of thioether (sulfide) groups is 1. The second-order valence-electron chi connectivity index (χ2n) is 3.35. The number of allylic oxidation sites excluding steroid dienone is 1. The third kappa shape index (κ3) is 0.925. The Morgan fingerprint density at radius 3 is 2.86 bits per heavy atom. The van der Waals surface area contributed by atoms with Gasteiger partial charge in [0.2, 0.25) is 0 Å². The highest BCUT2D eigenvalue weighted by Gasteiger charge is 2.39. The van der Waals surface area contributed by atoms with Crippen LogP contribution in [0.4, 0.5) is 0 Å². The number of ketones is 2. The molecule has 2 aliphatic rings. The first-order valence-corrected chi connectivity index (χ1v) is 6.25. The SMILES string of the molecule is O=C1C2=CSCC2C(=O)c2cscc21. The van der Waals surface area contributed by atoms with Crippen molar-refractivity contribution in [3.63, 3.8) is 0 Å². The molecule has 3 rings (SSSR count). The fourth-order valence-corrected chi connectivity index (χ4v) is 3.73. The van der Waals surface area contributed by atoms with E-state index in [2.05, 4.69) is 0 Å². The molecule has 0 N–H and O–H groups in total. The Morgan fingerprint density at radius 1 is 1.21 bits per heavy atom. The van der Waals surface area contributed by atoms with Crippen LogP contribution in [0.3, 0.4) is 0 Å². The molecule has 0 bridgehead atoms. The smallest absolute Gasteiger partial charge is 0.191 e. The van der Waals surface area contributed by atoms with Gasteiger partial charge in [0.05, 0.1) is 5.92 Å². The normalized spacial score (nSPS) is 24.6. The van der Waals surface area contributed by atoms with E-state index in [1.165, 1.54) is 11.3 Å². The van der Waals surface area contributed by atoms with E-state index in [1.807, 2.05) is 5.41 Å². The van der Waals surface area contributed by atoms with Crippen LogP contribution in [0.25, 0.3) is 0 Å². The number of carbonyl (C=O) groups excluding carboxylic acids is 2. The summed E-state index contributed by atoms with van der Waals surface area (Å²) >= 11 is 2.99. The topological polar surface area (TPSA) is 34.1 Å². The Bertz CT molecular complexity index is 470. The van der Waals surface area contributed by atoms with E-state index in [9.17, 15) is 9.59 Å². The lowest BCUT2D eigenvalue weighted by molar-refractivity contribution is 0.0896. The summed E-state index contributed by atoms with van der Waals surface area (Å²) in [6, 6.07) is 0. The summed E-state index contributed by atoms with van der Waals surface area (Å²) in [4.78, 5) is 23.8. The Morgan fingerprint density at radius 2 is 2.00 bits per heavy atom. The molecule has 1 aliphatic heterocycles. The van der Waals surface area contributed by atoms with Gasteiger partial charge < -0.3 is 0 Å². The number of thiophene rings is 1. The van der Waals surface area contributed by atoms with Gasteiger partial charge in [0, 0.05) is 33.2 Å². The molecule has 2 heterocycles. The number of fused-ring (bicyclic) bond motifs is 2. The molecule has 0 saturated carbocycles. The zero-order valence-corrected chi connectivity index (χ0v) is 8.78. The van der Waals surface area contributed by atoms with Crippen LogP contribution < -0.4 is 0 Å². The zero-order chi connectivity index (χ0) is 9.71. The lowest BCUT2D eigenvalue weighted by atomic mass is 9.82. The molecule has 0 radical (unpaired) electrons. The van der Waals surface area contributed by atoms with Crippen molar-refractivity contribution in [2.75, 3.05) is 5.75 Å². The van der Waals surface area contributed by atoms with Crippen molar-refractivity contribution >= 4 is 34.7 Å². The Labute approximate surface area is 89.0 Å². The highest BCUT2D eigenvalue weighted by molar-refractivity contribution is 8.02. The van der Waals surface area contributed by atoms with E-state index in [1.54, 1.807) is 22.5 Å². The summed E-state index contributed by atoms with van der Waals surface area (Å²) in [5.41, 5.74) is 1.93. The van der Waals surface area contributed by atoms with E-state index in [0.29, 0.717) is 16.7 Å². The summed E-state index contributed by atoms with van der Waals surface area (Å²) in [6.45, 7) is 0. The minimum atomic E-state index is -0.172. The summed E-state index contributed by atoms with van der Waals surface area (Å²) in [5, 5.41) is 5.40. The van der Waals surface area contributed by atoms with Gasteiger partial charge >= 0.3 is 0 Å². The molecule has 1 unspecified atom stereocenters. The average Bonchev–Trinajstić information content (AvgIpc) is 2.82. The molecule has 14 heavy (non-hydrogen) atoms. The average molecular weight is 222 g/mol. The minimum Gasteiger partial charge on any atom is -0.293 e. The second-order valence-corrected chi connectivity index (χ2v) is 5.00. The Hall–Kier alpha value is -0.870. The summed E-state index contributed by atoms with van der Waals surface area (Å²) in [5.74, 6) is 0.734. The fraction of sp³-hybridized carbons (Fsp3) is 0.200. The van der Waals surface area contributed by atoms with Crippen molar-refractivity contribution in [2.24, 2.45) is 5.92 Å². The van der Waals surface area contributed by atoms with E-state index in [-0.39, 0.29) is 17.5 Å². The maximum atomic E-state index is 11.9. The monoisotopic (exact) mass is 222 g/mol. The van der Waals surface area contributed by atoms with Crippen molar-refractivity contribution in [1.82, 2.24) is 0 Å². The van der Waals surface area contributed by atoms with Crippen molar-refractivity contribution in [1.29, 1.82) is 0 Å². The lowest BCUT2D eigenvalue weighted by Gasteiger charge is -2.17. The van der Waals surface area contributed by atoms with Crippen LogP contribution in [-0.2, 0) is 0 Å². The zero-order valence-electron chi connectivity index (χ0n) is 7.15. The van der Waals surface area contributed by atoms with Gasteiger partial charge in [0.15, 0.2) is 11.6 Å². The van der Waals surface area contributed by atoms with Gasteiger partial charge in [-0.15, -0.1) is 11.8 Å². The van der Waals surface area contributed by atoms with Crippen molar-refractivity contribution in [2.45, 2.75) is 0 Å². The van der Waals surface area contributed by atoms with Gasteiger partial charge in [-0.05, 0) is 5.41 Å². The summed E-state index contributed by atoms with van der Waals surface area (Å²) in [7, 11) is 0. The number of rotatable bonds is 0. The summed E-state index contributed by atoms with van der Waals surface area (Å²) in [6.07, 6.45) is 0. The molecule has 1 aromatic heterocycles. The first-order chi connectivity index (χ1) is 6.79. The van der Waals surface area contributed by atoms with Crippen LogP contribution in [0.15, 0.2) is 21.7 Å². The highest BCUT2D eigenvalue weighted by Crippen LogP contribution is 2.39. The highest BCUT2D eigenvalue weighted by atomic mass is 32.2. The van der Waals surface area contributed by atoms with E-state index in [0.717, 1.165) is 5.75 Å². The third-order valence-corrected chi connectivity index (χ3v) is 4.29. The molecule has 0 saturated heterocycles. The predicted molar refractivity (Wildman–Crippen MR) is 57.0 cm³/mol. The first kappa shape index (κ1) is 8.44. The third-order valence-electron chi connectivity index (χ3n) is 2.60. The standard InChI is InChI=1S/C10H6O2S2/c11-9-5-1-13-2-6(5)10(12)8-4-14-3-7(8)9/h1-3,8H,4H2. The maximum absolute atomic E-state index is 11.9. The fourth-order valence-electron chi connectivity index (χ4n) is 1.84. The second kappa shape index (κ2) is 2.81. The molecule has 0 aromatic carbocycles. The number of Topliss-reactive ketones (excluding diaryl/α,β-unsaturated/α-hetero) is 2. The molecule has 0 spiro atoms. The van der Waals surface area contributed by atoms with Gasteiger partial charge in [-0.2, -0.15) is 11.3 Å². The van der Waals surface area contributed by atoms with Gasteiger partial charge in [0.25, 0.3) is 0 Å². The van der Waals surface area contributed by atoms with Crippen LogP contribution in [-0.4, -0.2) is 17.3 Å². The van der Waals surface area contributed by atoms with Gasteiger partial charge in [-0.3, -0.25) is 9.59 Å². The minimum absolute atomic E-state index is 0.0517. The number of carbonyl (C=O) groups is 2. The molecule has 1 aliphatic carbocycles.